The maximum Gasteiger partial charge on any atom is 0.354 e. The lowest BCUT2D eigenvalue weighted by Crippen LogP contribution is -2.03. The molecule has 0 unspecified atom stereocenters. The minimum Gasteiger partial charge on any atom is -0.477 e. The molecule has 1 N–H and O–H groups in total. The van der Waals surface area contributed by atoms with E-state index in [1.54, 1.807) is 41.0 Å². The third-order valence-corrected chi connectivity index (χ3v) is 4.42. The Hall–Kier alpha value is -3.25. The number of hydrogen-bond acceptors (Lipinski definition) is 3. The van der Waals surface area contributed by atoms with E-state index in [2.05, 4.69) is 10.1 Å². The van der Waals surface area contributed by atoms with Crippen molar-refractivity contribution in [3.05, 3.63) is 88.6 Å². The average molecular weight is 382 g/mol. The van der Waals surface area contributed by atoms with Gasteiger partial charge >= 0.3 is 5.97 Å². The van der Waals surface area contributed by atoms with Crippen molar-refractivity contribution < 1.29 is 14.3 Å². The van der Waals surface area contributed by atoms with Gasteiger partial charge in [0, 0.05) is 29.4 Å². The van der Waals surface area contributed by atoms with Crippen LogP contribution in [-0.4, -0.2) is 25.7 Å². The highest BCUT2D eigenvalue weighted by atomic mass is 35.5. The predicted octanol–water partition coefficient (Wildman–Crippen LogP) is 4.48. The highest BCUT2D eigenvalue weighted by Gasteiger charge is 2.17. The Kier molecular flexibility index (Phi) is 4.33. The number of pyridine rings is 2. The lowest BCUT2D eigenvalue weighted by Gasteiger charge is -2.05. The molecule has 134 valence electrons. The Balaban J connectivity index is 1.87. The van der Waals surface area contributed by atoms with Crippen LogP contribution in [0.25, 0.3) is 16.8 Å². The van der Waals surface area contributed by atoms with Crippen LogP contribution in [0.5, 0.6) is 0 Å². The minimum absolute atomic E-state index is 0.0182. The number of carbonyl (C=O) groups is 1. The minimum atomic E-state index is -1.08. The molecule has 0 aliphatic heterocycles. The summed E-state index contributed by atoms with van der Waals surface area (Å²) in [5.41, 5.74) is 3.67. The summed E-state index contributed by atoms with van der Waals surface area (Å²) in [5, 5.41) is 14.3. The molecule has 3 heterocycles. The van der Waals surface area contributed by atoms with Crippen LogP contribution in [-0.2, 0) is 6.42 Å². The summed E-state index contributed by atoms with van der Waals surface area (Å²) < 4.78 is 15.0. The number of fused-ring (bicyclic) bond motifs is 1. The number of halogens is 2. The van der Waals surface area contributed by atoms with Gasteiger partial charge in [-0.15, -0.1) is 0 Å². The van der Waals surface area contributed by atoms with Crippen LogP contribution in [0, 0.1) is 5.82 Å². The zero-order valence-corrected chi connectivity index (χ0v) is 14.7. The molecule has 1 aromatic carbocycles. The van der Waals surface area contributed by atoms with Crippen molar-refractivity contribution in [1.82, 2.24) is 14.6 Å². The highest BCUT2D eigenvalue weighted by molar-refractivity contribution is 6.30. The largest absolute Gasteiger partial charge is 0.477 e. The summed E-state index contributed by atoms with van der Waals surface area (Å²) in [4.78, 5) is 15.4. The molecule has 0 atom stereocenters. The molecule has 5 nitrogen and oxygen atoms in total. The van der Waals surface area contributed by atoms with Crippen molar-refractivity contribution in [3.63, 3.8) is 0 Å². The molecule has 0 radical (unpaired) electrons. The fourth-order valence-corrected chi connectivity index (χ4v) is 3.12. The summed E-state index contributed by atoms with van der Waals surface area (Å²) in [6, 6.07) is 14.5. The quantitative estimate of drug-likeness (QED) is 0.566. The van der Waals surface area contributed by atoms with Crippen LogP contribution < -0.4 is 0 Å². The van der Waals surface area contributed by atoms with Crippen LogP contribution in [0.2, 0.25) is 5.02 Å². The zero-order valence-electron chi connectivity index (χ0n) is 13.9. The molecule has 0 spiro atoms. The van der Waals surface area contributed by atoms with Gasteiger partial charge in [0.05, 0.1) is 16.2 Å². The predicted molar refractivity (Wildman–Crippen MR) is 99.6 cm³/mol. The van der Waals surface area contributed by atoms with E-state index in [0.717, 1.165) is 16.6 Å². The number of aromatic nitrogens is 3. The maximum absolute atomic E-state index is 13.3. The molecule has 0 saturated carbocycles. The number of rotatable bonds is 4. The summed E-state index contributed by atoms with van der Waals surface area (Å²) in [7, 11) is 0. The van der Waals surface area contributed by atoms with Gasteiger partial charge in [-0.05, 0) is 48.5 Å². The van der Waals surface area contributed by atoms with Crippen molar-refractivity contribution in [1.29, 1.82) is 0 Å². The van der Waals surface area contributed by atoms with Gasteiger partial charge in [-0.2, -0.15) is 5.10 Å². The van der Waals surface area contributed by atoms with Crippen molar-refractivity contribution in [2.24, 2.45) is 0 Å². The second-order valence-electron chi connectivity index (χ2n) is 6.01. The maximum atomic E-state index is 13.3. The van der Waals surface area contributed by atoms with E-state index in [9.17, 15) is 9.18 Å². The van der Waals surface area contributed by atoms with Gasteiger partial charge in [-0.25, -0.2) is 18.7 Å². The number of hydrogen-bond donors (Lipinski definition) is 1. The molecule has 0 amide bonds. The number of carboxylic acid groups (broad SMARTS) is 1. The first-order valence-electron chi connectivity index (χ1n) is 8.13. The van der Waals surface area contributed by atoms with Crippen molar-refractivity contribution in [3.8, 4) is 11.3 Å². The molecule has 0 saturated heterocycles. The first-order chi connectivity index (χ1) is 13.0. The average Bonchev–Trinajstić information content (AvgIpc) is 3.00. The van der Waals surface area contributed by atoms with Gasteiger partial charge in [0.25, 0.3) is 0 Å². The molecule has 4 rings (SSSR count). The van der Waals surface area contributed by atoms with Crippen LogP contribution in [0.3, 0.4) is 0 Å². The lowest BCUT2D eigenvalue weighted by atomic mass is 10.0. The van der Waals surface area contributed by atoms with E-state index in [-0.39, 0.29) is 11.5 Å². The first kappa shape index (κ1) is 17.2. The molecule has 3 aromatic heterocycles. The van der Waals surface area contributed by atoms with Crippen LogP contribution in [0.4, 0.5) is 4.39 Å². The standard InChI is InChI=1S/C20H13ClFN3O2/c21-13-6-9-18-16(10-15-2-1-3-17(23-15)20(26)27)19(24-25(18)11-13)12-4-7-14(22)8-5-12/h1-9,11H,10H2,(H,26,27). The number of benzene rings is 1. The second-order valence-corrected chi connectivity index (χ2v) is 6.44. The summed E-state index contributed by atoms with van der Waals surface area (Å²) in [5.74, 6) is -1.41. The van der Waals surface area contributed by atoms with Gasteiger partial charge < -0.3 is 5.11 Å². The normalized spacial score (nSPS) is 11.0. The van der Waals surface area contributed by atoms with E-state index in [4.69, 9.17) is 16.7 Å². The Morgan fingerprint density at radius 3 is 2.63 bits per heavy atom. The lowest BCUT2D eigenvalue weighted by molar-refractivity contribution is 0.0690. The molecule has 0 aliphatic rings. The molecule has 4 aromatic rings. The van der Waals surface area contributed by atoms with E-state index >= 15 is 0 Å². The Morgan fingerprint density at radius 1 is 1.11 bits per heavy atom. The SMILES string of the molecule is O=C(O)c1cccc(Cc2c(-c3ccc(F)cc3)nn3cc(Cl)ccc23)n1. The van der Waals surface area contributed by atoms with Crippen molar-refractivity contribution in [2.75, 3.05) is 0 Å². The van der Waals surface area contributed by atoms with Crippen LogP contribution in [0.1, 0.15) is 21.7 Å². The molecular formula is C20H13ClFN3O2. The summed E-state index contributed by atoms with van der Waals surface area (Å²) in [6.07, 6.45) is 2.06. The van der Waals surface area contributed by atoms with Gasteiger partial charge in [0.2, 0.25) is 0 Å². The van der Waals surface area contributed by atoms with E-state index in [1.165, 1.54) is 18.2 Å². The zero-order chi connectivity index (χ0) is 19.0. The van der Waals surface area contributed by atoms with E-state index in [0.29, 0.717) is 22.8 Å². The first-order valence-corrected chi connectivity index (χ1v) is 8.51. The Morgan fingerprint density at radius 2 is 1.89 bits per heavy atom. The third kappa shape index (κ3) is 3.39. The summed E-state index contributed by atoms with van der Waals surface area (Å²) in [6.45, 7) is 0. The number of carboxylic acids is 1. The number of aromatic carboxylic acids is 1. The van der Waals surface area contributed by atoms with Crippen molar-refractivity contribution >= 4 is 23.1 Å². The van der Waals surface area contributed by atoms with E-state index < -0.39 is 5.97 Å². The Labute approximate surface area is 158 Å². The fourth-order valence-electron chi connectivity index (χ4n) is 2.97. The molecule has 27 heavy (non-hydrogen) atoms. The molecule has 0 aliphatic carbocycles. The fraction of sp³-hybridized carbons (Fsp3) is 0.0500. The van der Waals surface area contributed by atoms with Gasteiger partial charge in [0.15, 0.2) is 0 Å². The van der Waals surface area contributed by atoms with Gasteiger partial charge in [-0.1, -0.05) is 17.7 Å². The van der Waals surface area contributed by atoms with Crippen LogP contribution in [0.15, 0.2) is 60.8 Å². The molecular weight excluding hydrogens is 369 g/mol. The number of nitrogens with zero attached hydrogens (tertiary/aromatic N) is 3. The monoisotopic (exact) mass is 381 g/mol. The smallest absolute Gasteiger partial charge is 0.354 e. The van der Waals surface area contributed by atoms with Crippen LogP contribution >= 0.6 is 11.6 Å². The molecule has 0 fully saturated rings. The third-order valence-electron chi connectivity index (χ3n) is 4.20. The second kappa shape index (κ2) is 6.81. The van der Waals surface area contributed by atoms with E-state index in [1.807, 2.05) is 6.07 Å². The highest BCUT2D eigenvalue weighted by Crippen LogP contribution is 2.29. The van der Waals surface area contributed by atoms with Gasteiger partial charge in [0.1, 0.15) is 11.5 Å². The van der Waals surface area contributed by atoms with Crippen molar-refractivity contribution in [2.45, 2.75) is 6.42 Å². The molecule has 0 bridgehead atoms. The topological polar surface area (TPSA) is 67.5 Å². The Bertz CT molecular complexity index is 1160. The summed E-state index contributed by atoms with van der Waals surface area (Å²) >= 11 is 6.07. The van der Waals surface area contributed by atoms with Gasteiger partial charge in [-0.3, -0.25) is 0 Å². The molecule has 7 heteroatoms.